The summed E-state index contributed by atoms with van der Waals surface area (Å²) in [6, 6.07) is 12.7. The summed E-state index contributed by atoms with van der Waals surface area (Å²) in [6.07, 6.45) is 1.60. The zero-order valence-corrected chi connectivity index (χ0v) is 16.2. The van der Waals surface area contributed by atoms with Crippen LogP contribution in [0.15, 0.2) is 53.1 Å². The molecule has 28 heavy (non-hydrogen) atoms. The number of benzene rings is 1. The first-order chi connectivity index (χ1) is 13.7. The Morgan fingerprint density at radius 1 is 1.21 bits per heavy atom. The zero-order valence-electron chi connectivity index (χ0n) is 15.4. The number of hydrogen-bond donors (Lipinski definition) is 2. The van der Waals surface area contributed by atoms with Gasteiger partial charge in [-0.1, -0.05) is 11.6 Å². The maximum Gasteiger partial charge on any atom is 0.271 e. The molecule has 0 spiro atoms. The van der Waals surface area contributed by atoms with Gasteiger partial charge in [-0.3, -0.25) is 9.69 Å². The predicted molar refractivity (Wildman–Crippen MR) is 108 cm³/mol. The van der Waals surface area contributed by atoms with E-state index >= 15 is 0 Å². The maximum atomic E-state index is 12.6. The third-order valence-corrected chi connectivity index (χ3v) is 4.96. The Labute approximate surface area is 168 Å². The number of amides is 1. The molecule has 2 N–H and O–H groups in total. The lowest BCUT2D eigenvalue weighted by Gasteiger charge is -2.26. The average Bonchev–Trinajstić information content (AvgIpc) is 3.39. The summed E-state index contributed by atoms with van der Waals surface area (Å²) >= 11 is 6.00. The molecule has 0 atom stereocenters. The molecule has 3 heterocycles. The van der Waals surface area contributed by atoms with E-state index in [9.17, 15) is 4.79 Å². The number of hydrogen-bond acceptors (Lipinski definition) is 5. The molecule has 1 saturated heterocycles. The van der Waals surface area contributed by atoms with Gasteiger partial charge in [-0.15, -0.1) is 0 Å². The normalized spacial score (nSPS) is 14.9. The Kier molecular flexibility index (Phi) is 5.76. The van der Waals surface area contributed by atoms with Gasteiger partial charge in [0.1, 0.15) is 5.69 Å². The Hall–Kier alpha value is -2.61. The first kappa shape index (κ1) is 18.7. The molecule has 1 fully saturated rings. The van der Waals surface area contributed by atoms with Crippen molar-refractivity contribution >= 4 is 17.5 Å². The van der Waals surface area contributed by atoms with Crippen LogP contribution in [0.5, 0.6) is 0 Å². The summed E-state index contributed by atoms with van der Waals surface area (Å²) in [6.45, 7) is 5.41. The van der Waals surface area contributed by atoms with Gasteiger partial charge < -0.3 is 15.1 Å². The Morgan fingerprint density at radius 3 is 2.71 bits per heavy atom. The van der Waals surface area contributed by atoms with Crippen molar-refractivity contribution in [3.8, 4) is 17.1 Å². The number of nitrogens with one attached hydrogen (secondary N) is 2. The fraction of sp³-hybridized carbons (Fsp3) is 0.300. The first-order valence-corrected chi connectivity index (χ1v) is 9.70. The van der Waals surface area contributed by atoms with Gasteiger partial charge in [0.25, 0.3) is 5.91 Å². The highest BCUT2D eigenvalue weighted by molar-refractivity contribution is 6.30. The van der Waals surface area contributed by atoms with Crippen LogP contribution in [0, 0.1) is 0 Å². The number of aromatic nitrogens is 2. The molecule has 3 aromatic rings. The molecular weight excluding hydrogens is 378 g/mol. The molecule has 0 unspecified atom stereocenters. The molecule has 1 aliphatic heterocycles. The second-order valence-corrected chi connectivity index (χ2v) is 7.06. The lowest BCUT2D eigenvalue weighted by Crippen LogP contribution is -2.46. The smallest absolute Gasteiger partial charge is 0.271 e. The van der Waals surface area contributed by atoms with Crippen LogP contribution >= 0.6 is 11.6 Å². The third-order valence-electron chi connectivity index (χ3n) is 4.71. The van der Waals surface area contributed by atoms with Crippen LogP contribution in [0.4, 0.5) is 0 Å². The molecule has 1 aliphatic rings. The summed E-state index contributed by atoms with van der Waals surface area (Å²) in [5.74, 6) is 0.443. The number of nitrogens with zero attached hydrogens (tertiary/aromatic N) is 3. The summed E-state index contributed by atoms with van der Waals surface area (Å²) in [5, 5.41) is 11.4. The minimum Gasteiger partial charge on any atom is -0.463 e. The molecule has 146 valence electrons. The van der Waals surface area contributed by atoms with Gasteiger partial charge >= 0.3 is 0 Å². The molecule has 0 bridgehead atoms. The fourth-order valence-corrected chi connectivity index (χ4v) is 3.35. The van der Waals surface area contributed by atoms with Crippen molar-refractivity contribution in [2.75, 3.05) is 39.3 Å². The van der Waals surface area contributed by atoms with Crippen molar-refractivity contribution in [3.63, 3.8) is 0 Å². The monoisotopic (exact) mass is 399 g/mol. The number of furan rings is 1. The largest absolute Gasteiger partial charge is 0.463 e. The molecule has 1 aromatic carbocycles. The van der Waals surface area contributed by atoms with E-state index < -0.39 is 0 Å². The molecule has 0 aliphatic carbocycles. The predicted octanol–water partition coefficient (Wildman–Crippen LogP) is 2.42. The van der Waals surface area contributed by atoms with Crippen molar-refractivity contribution in [3.05, 3.63) is 59.4 Å². The highest BCUT2D eigenvalue weighted by atomic mass is 35.5. The van der Waals surface area contributed by atoms with Gasteiger partial charge in [0.15, 0.2) is 11.5 Å². The SMILES string of the molecule is O=C(NCCN1CCNCC1)c1cc(-c2ccco2)n(-c2ccc(Cl)cc2)n1. The van der Waals surface area contributed by atoms with Crippen LogP contribution in [0.2, 0.25) is 5.02 Å². The molecule has 0 radical (unpaired) electrons. The van der Waals surface area contributed by atoms with Crippen molar-refractivity contribution in [2.24, 2.45) is 0 Å². The van der Waals surface area contributed by atoms with E-state index in [4.69, 9.17) is 16.0 Å². The second-order valence-electron chi connectivity index (χ2n) is 6.63. The van der Waals surface area contributed by atoms with Crippen LogP contribution in [0.25, 0.3) is 17.1 Å². The Morgan fingerprint density at radius 2 is 2.00 bits per heavy atom. The van der Waals surface area contributed by atoms with Crippen LogP contribution in [-0.4, -0.2) is 59.9 Å². The lowest BCUT2D eigenvalue weighted by molar-refractivity contribution is 0.0942. The van der Waals surface area contributed by atoms with Gasteiger partial charge in [-0.25, -0.2) is 4.68 Å². The second kappa shape index (κ2) is 8.60. The summed E-state index contributed by atoms with van der Waals surface area (Å²) < 4.78 is 7.22. The van der Waals surface area contributed by atoms with Gasteiger partial charge in [-0.2, -0.15) is 5.10 Å². The third kappa shape index (κ3) is 4.27. The van der Waals surface area contributed by atoms with Crippen molar-refractivity contribution in [2.45, 2.75) is 0 Å². The van der Waals surface area contributed by atoms with E-state index in [0.29, 0.717) is 28.7 Å². The Balaban J connectivity index is 1.51. The Bertz CT molecular complexity index is 915. The highest BCUT2D eigenvalue weighted by Crippen LogP contribution is 2.25. The fourth-order valence-electron chi connectivity index (χ4n) is 3.22. The van der Waals surface area contributed by atoms with Crippen molar-refractivity contribution in [1.29, 1.82) is 0 Å². The minimum absolute atomic E-state index is 0.198. The van der Waals surface area contributed by atoms with Crippen LogP contribution in [0.1, 0.15) is 10.5 Å². The van der Waals surface area contributed by atoms with E-state index in [1.165, 1.54) is 0 Å². The van der Waals surface area contributed by atoms with E-state index in [0.717, 1.165) is 38.4 Å². The van der Waals surface area contributed by atoms with E-state index in [1.54, 1.807) is 29.1 Å². The number of carbonyl (C=O) groups is 1. The molecule has 1 amide bonds. The molecule has 8 heteroatoms. The number of piperazine rings is 1. The summed E-state index contributed by atoms with van der Waals surface area (Å²) in [5.41, 5.74) is 1.86. The lowest BCUT2D eigenvalue weighted by atomic mass is 10.2. The van der Waals surface area contributed by atoms with Gasteiger partial charge in [0, 0.05) is 50.4 Å². The van der Waals surface area contributed by atoms with Crippen molar-refractivity contribution in [1.82, 2.24) is 25.3 Å². The summed E-state index contributed by atoms with van der Waals surface area (Å²) in [7, 11) is 0. The number of carbonyl (C=O) groups excluding carboxylic acids is 1. The molecule has 7 nitrogen and oxygen atoms in total. The molecular formula is C20H22ClN5O2. The molecule has 2 aromatic heterocycles. The van der Waals surface area contributed by atoms with Crippen molar-refractivity contribution < 1.29 is 9.21 Å². The van der Waals surface area contributed by atoms with E-state index in [-0.39, 0.29) is 5.91 Å². The number of rotatable bonds is 6. The minimum atomic E-state index is -0.198. The highest BCUT2D eigenvalue weighted by Gasteiger charge is 2.18. The topological polar surface area (TPSA) is 75.3 Å². The average molecular weight is 400 g/mol. The van der Waals surface area contributed by atoms with Gasteiger partial charge in [-0.05, 0) is 36.4 Å². The van der Waals surface area contributed by atoms with E-state index in [2.05, 4.69) is 20.6 Å². The van der Waals surface area contributed by atoms with Crippen LogP contribution < -0.4 is 10.6 Å². The van der Waals surface area contributed by atoms with Crippen LogP contribution in [0.3, 0.4) is 0 Å². The van der Waals surface area contributed by atoms with Crippen LogP contribution in [-0.2, 0) is 0 Å². The zero-order chi connectivity index (χ0) is 19.3. The molecule has 0 saturated carbocycles. The standard InChI is InChI=1S/C20H22ClN5O2/c21-15-3-5-16(6-4-15)26-18(19-2-1-13-28-19)14-17(24-26)20(27)23-9-12-25-10-7-22-8-11-25/h1-6,13-14,22H,7-12H2,(H,23,27). The summed E-state index contributed by atoms with van der Waals surface area (Å²) in [4.78, 5) is 15.0. The van der Waals surface area contributed by atoms with E-state index in [1.807, 2.05) is 24.3 Å². The first-order valence-electron chi connectivity index (χ1n) is 9.32. The molecule has 4 rings (SSSR count). The van der Waals surface area contributed by atoms with Gasteiger partial charge in [0.2, 0.25) is 0 Å². The number of halogens is 1. The quantitative estimate of drug-likeness (QED) is 0.665. The maximum absolute atomic E-state index is 12.6. The van der Waals surface area contributed by atoms with Gasteiger partial charge in [0.05, 0.1) is 12.0 Å².